The smallest absolute Gasteiger partial charge is 0.132 e. The molecule has 0 amide bonds. The number of hydrogen-bond acceptors (Lipinski definition) is 4. The first-order valence-corrected chi connectivity index (χ1v) is 6.75. The van der Waals surface area contributed by atoms with E-state index in [9.17, 15) is 0 Å². The molecule has 0 bridgehead atoms. The van der Waals surface area contributed by atoms with Crippen molar-refractivity contribution in [2.75, 3.05) is 20.0 Å². The van der Waals surface area contributed by atoms with E-state index in [2.05, 4.69) is 12.0 Å². The minimum atomic E-state index is 0.657. The highest BCUT2D eigenvalue weighted by Gasteiger charge is 2.14. The molecule has 0 atom stereocenters. The van der Waals surface area contributed by atoms with Gasteiger partial charge in [0.25, 0.3) is 0 Å². The SMILES string of the molecule is CCCCn1cc(N)c(-c2ccc(OC)cc2OC)n1. The molecule has 0 aliphatic rings. The molecule has 0 saturated carbocycles. The summed E-state index contributed by atoms with van der Waals surface area (Å²) in [6.45, 7) is 3.03. The number of hydrogen-bond donors (Lipinski definition) is 1. The molecule has 5 nitrogen and oxygen atoms in total. The summed E-state index contributed by atoms with van der Waals surface area (Å²) < 4.78 is 12.5. The average Bonchev–Trinajstić information content (AvgIpc) is 2.85. The van der Waals surface area contributed by atoms with Crippen LogP contribution in [0, 0.1) is 0 Å². The minimum Gasteiger partial charge on any atom is -0.497 e. The fourth-order valence-electron chi connectivity index (χ4n) is 2.07. The molecule has 0 aliphatic heterocycles. The molecule has 0 spiro atoms. The van der Waals surface area contributed by atoms with Crippen LogP contribution in [0.1, 0.15) is 19.8 Å². The van der Waals surface area contributed by atoms with Crippen LogP contribution in [0.25, 0.3) is 11.3 Å². The van der Waals surface area contributed by atoms with E-state index < -0.39 is 0 Å². The molecule has 108 valence electrons. The van der Waals surface area contributed by atoms with Crippen LogP contribution in [-0.2, 0) is 6.54 Å². The van der Waals surface area contributed by atoms with Gasteiger partial charge >= 0.3 is 0 Å². The van der Waals surface area contributed by atoms with Gasteiger partial charge in [0.15, 0.2) is 0 Å². The van der Waals surface area contributed by atoms with Crippen molar-refractivity contribution in [3.63, 3.8) is 0 Å². The van der Waals surface area contributed by atoms with Crippen LogP contribution in [0.15, 0.2) is 24.4 Å². The lowest BCUT2D eigenvalue weighted by Crippen LogP contribution is -1.98. The second-order valence-electron chi connectivity index (χ2n) is 4.62. The van der Waals surface area contributed by atoms with Gasteiger partial charge in [0.1, 0.15) is 17.2 Å². The van der Waals surface area contributed by atoms with Gasteiger partial charge in [0.2, 0.25) is 0 Å². The topological polar surface area (TPSA) is 62.3 Å². The van der Waals surface area contributed by atoms with E-state index in [1.165, 1.54) is 0 Å². The average molecular weight is 275 g/mol. The standard InChI is InChI=1S/C15H21N3O2/c1-4-5-8-18-10-13(16)15(17-18)12-7-6-11(19-2)9-14(12)20-3/h6-7,9-10H,4-5,8,16H2,1-3H3. The number of benzene rings is 1. The molecule has 1 aromatic heterocycles. The predicted molar refractivity (Wildman–Crippen MR) is 80.1 cm³/mol. The number of aryl methyl sites for hydroxylation is 1. The Hall–Kier alpha value is -2.17. The maximum Gasteiger partial charge on any atom is 0.132 e. The van der Waals surface area contributed by atoms with Gasteiger partial charge in [-0.15, -0.1) is 0 Å². The first kappa shape index (κ1) is 14.2. The number of nitrogens with two attached hydrogens (primary N) is 1. The highest BCUT2D eigenvalue weighted by Crippen LogP contribution is 2.35. The summed E-state index contributed by atoms with van der Waals surface area (Å²) in [5.41, 5.74) is 8.35. The van der Waals surface area contributed by atoms with E-state index in [0.29, 0.717) is 11.4 Å². The fraction of sp³-hybridized carbons (Fsp3) is 0.400. The van der Waals surface area contributed by atoms with Crippen LogP contribution in [0.5, 0.6) is 11.5 Å². The number of unbranched alkanes of at least 4 members (excludes halogenated alkanes) is 1. The number of rotatable bonds is 6. The summed E-state index contributed by atoms with van der Waals surface area (Å²) in [4.78, 5) is 0. The van der Waals surface area contributed by atoms with Gasteiger partial charge in [-0.1, -0.05) is 13.3 Å². The van der Waals surface area contributed by atoms with Gasteiger partial charge < -0.3 is 15.2 Å². The molecule has 0 aliphatic carbocycles. The van der Waals surface area contributed by atoms with Crippen molar-refractivity contribution in [3.8, 4) is 22.8 Å². The van der Waals surface area contributed by atoms with E-state index in [1.54, 1.807) is 14.2 Å². The van der Waals surface area contributed by atoms with Crippen LogP contribution in [0.2, 0.25) is 0 Å². The lowest BCUT2D eigenvalue weighted by molar-refractivity contribution is 0.395. The molecule has 2 N–H and O–H groups in total. The molecule has 0 fully saturated rings. The molecule has 1 aromatic carbocycles. The molecule has 0 radical (unpaired) electrons. The van der Waals surface area contributed by atoms with Crippen LogP contribution >= 0.6 is 0 Å². The van der Waals surface area contributed by atoms with Gasteiger partial charge in [0, 0.05) is 24.4 Å². The zero-order valence-corrected chi connectivity index (χ0v) is 12.2. The third kappa shape index (κ3) is 2.87. The molecule has 1 heterocycles. The maximum absolute atomic E-state index is 6.07. The number of nitrogen functional groups attached to an aromatic ring is 1. The van der Waals surface area contributed by atoms with E-state index in [1.807, 2.05) is 29.1 Å². The monoisotopic (exact) mass is 275 g/mol. The number of ether oxygens (including phenoxy) is 2. The summed E-state index contributed by atoms with van der Waals surface area (Å²) in [5, 5.41) is 4.55. The van der Waals surface area contributed by atoms with Gasteiger partial charge in [0.05, 0.1) is 19.9 Å². The number of anilines is 1. The van der Waals surface area contributed by atoms with Crippen molar-refractivity contribution >= 4 is 5.69 Å². The van der Waals surface area contributed by atoms with Crippen molar-refractivity contribution < 1.29 is 9.47 Å². The fourth-order valence-corrected chi connectivity index (χ4v) is 2.07. The zero-order valence-electron chi connectivity index (χ0n) is 12.2. The van der Waals surface area contributed by atoms with Crippen molar-refractivity contribution in [1.29, 1.82) is 0 Å². The highest BCUT2D eigenvalue weighted by molar-refractivity contribution is 5.77. The van der Waals surface area contributed by atoms with Crippen LogP contribution in [0.4, 0.5) is 5.69 Å². The number of nitrogens with zero attached hydrogens (tertiary/aromatic N) is 2. The van der Waals surface area contributed by atoms with E-state index in [0.717, 1.165) is 36.4 Å². The first-order chi connectivity index (χ1) is 9.69. The molecule has 2 aromatic rings. The van der Waals surface area contributed by atoms with Crippen molar-refractivity contribution in [2.24, 2.45) is 0 Å². The van der Waals surface area contributed by atoms with E-state index in [4.69, 9.17) is 15.2 Å². The molecule has 2 rings (SSSR count). The van der Waals surface area contributed by atoms with Crippen molar-refractivity contribution in [2.45, 2.75) is 26.3 Å². The maximum atomic E-state index is 6.07. The Morgan fingerprint density at radius 3 is 2.70 bits per heavy atom. The number of methoxy groups -OCH3 is 2. The normalized spacial score (nSPS) is 10.6. The quantitative estimate of drug-likeness (QED) is 0.880. The van der Waals surface area contributed by atoms with Gasteiger partial charge in [-0.25, -0.2) is 0 Å². The Morgan fingerprint density at radius 2 is 2.05 bits per heavy atom. The largest absolute Gasteiger partial charge is 0.497 e. The third-order valence-corrected chi connectivity index (χ3v) is 3.19. The number of aromatic nitrogens is 2. The van der Waals surface area contributed by atoms with Crippen LogP contribution in [0.3, 0.4) is 0 Å². The second kappa shape index (κ2) is 6.32. The van der Waals surface area contributed by atoms with Crippen LogP contribution < -0.4 is 15.2 Å². The molecule has 20 heavy (non-hydrogen) atoms. The van der Waals surface area contributed by atoms with E-state index >= 15 is 0 Å². The molecule has 0 unspecified atom stereocenters. The zero-order chi connectivity index (χ0) is 14.5. The van der Waals surface area contributed by atoms with Gasteiger partial charge in [-0.3, -0.25) is 4.68 Å². The van der Waals surface area contributed by atoms with Crippen LogP contribution in [-0.4, -0.2) is 24.0 Å². The Labute approximate surface area is 119 Å². The third-order valence-electron chi connectivity index (χ3n) is 3.19. The Balaban J connectivity index is 2.37. The summed E-state index contributed by atoms with van der Waals surface area (Å²) in [7, 11) is 3.25. The van der Waals surface area contributed by atoms with Gasteiger partial charge in [-0.2, -0.15) is 5.10 Å². The first-order valence-electron chi connectivity index (χ1n) is 6.75. The molecular weight excluding hydrogens is 254 g/mol. The molecule has 0 saturated heterocycles. The predicted octanol–water partition coefficient (Wildman–Crippen LogP) is 2.95. The highest BCUT2D eigenvalue weighted by atomic mass is 16.5. The van der Waals surface area contributed by atoms with E-state index in [-0.39, 0.29) is 0 Å². The summed E-state index contributed by atoms with van der Waals surface area (Å²) in [6, 6.07) is 5.63. The molecule has 5 heteroatoms. The van der Waals surface area contributed by atoms with Crippen molar-refractivity contribution in [1.82, 2.24) is 9.78 Å². The lowest BCUT2D eigenvalue weighted by Gasteiger charge is -2.09. The van der Waals surface area contributed by atoms with Crippen molar-refractivity contribution in [3.05, 3.63) is 24.4 Å². The summed E-state index contributed by atoms with van der Waals surface area (Å²) >= 11 is 0. The second-order valence-corrected chi connectivity index (χ2v) is 4.62. The lowest BCUT2D eigenvalue weighted by atomic mass is 10.1. The Kier molecular flexibility index (Phi) is 4.50. The minimum absolute atomic E-state index is 0.657. The molecular formula is C15H21N3O2. The summed E-state index contributed by atoms with van der Waals surface area (Å²) in [5.74, 6) is 1.45. The Morgan fingerprint density at radius 1 is 1.25 bits per heavy atom. The Bertz CT molecular complexity index is 578. The summed E-state index contributed by atoms with van der Waals surface area (Å²) in [6.07, 6.45) is 4.08. The van der Waals surface area contributed by atoms with Gasteiger partial charge in [-0.05, 0) is 18.6 Å².